The van der Waals surface area contributed by atoms with Gasteiger partial charge in [0.2, 0.25) is 5.60 Å². The SMILES string of the molecule is CC(C)(O/N=C(\C(=O)N[C@@H]1C(=O)N2C(C(=O)[O-])=C(Cn3cc[n+]4cc(C#N)ccc34)CS[C@@H]12)c1csc(N)n1)C(=O)O. The van der Waals surface area contributed by atoms with Crippen LogP contribution in [0.5, 0.6) is 0 Å². The molecule has 4 N–H and O–H groups in total. The number of rotatable bonds is 9. The third kappa shape index (κ3) is 5.12. The van der Waals surface area contributed by atoms with Crippen molar-refractivity contribution in [2.75, 3.05) is 11.5 Å². The molecule has 3 aromatic rings. The van der Waals surface area contributed by atoms with Gasteiger partial charge in [-0.15, -0.1) is 23.1 Å². The standard InChI is InChI=1S/C25H22N8O7S2/c1-25(2,23(38)39)40-30-16(14-11-42-24(27)28-14)19(34)29-17-20(35)33-18(22(36)37)13(10-41-21(17)33)9-32-6-5-31-8-12(7-26)3-4-15(31)32/h3-6,8,11,17,21H,9-10H2,1-2H3,(H4-,27,28,29,34,36,37,38,39)/b30-16-/t17-,21+/m1/s1. The number of nitrogens with one attached hydrogen (secondary N) is 1. The fourth-order valence-corrected chi connectivity index (χ4v) is 6.19. The van der Waals surface area contributed by atoms with Crippen LogP contribution in [0.2, 0.25) is 0 Å². The number of nitrogens with zero attached hydrogens (tertiary/aromatic N) is 6. The molecule has 2 amide bonds. The van der Waals surface area contributed by atoms with Crippen molar-refractivity contribution in [3.05, 3.63) is 58.6 Å². The molecule has 0 bridgehead atoms. The number of imidazole rings is 1. The molecule has 0 unspecified atom stereocenters. The van der Waals surface area contributed by atoms with Crippen molar-refractivity contribution >= 4 is 63.3 Å². The summed E-state index contributed by atoms with van der Waals surface area (Å²) in [4.78, 5) is 60.3. The molecule has 0 saturated carbocycles. The Morgan fingerprint density at radius 2 is 2.17 bits per heavy atom. The Morgan fingerprint density at radius 3 is 2.81 bits per heavy atom. The number of thioether (sulfide) groups is 1. The number of nitriles is 1. The molecule has 5 rings (SSSR count). The van der Waals surface area contributed by atoms with E-state index in [4.69, 9.17) is 15.8 Å². The maximum Gasteiger partial charge on any atom is 0.350 e. The van der Waals surface area contributed by atoms with Crippen LogP contribution in [0.25, 0.3) is 5.65 Å². The van der Waals surface area contributed by atoms with Gasteiger partial charge in [0.1, 0.15) is 48.3 Å². The number of fused-ring (bicyclic) bond motifs is 2. The first-order chi connectivity index (χ1) is 19.9. The Morgan fingerprint density at radius 1 is 1.40 bits per heavy atom. The minimum Gasteiger partial charge on any atom is -0.543 e. The van der Waals surface area contributed by atoms with Crippen LogP contribution in [-0.4, -0.2) is 71.8 Å². The molecule has 2 aliphatic rings. The molecule has 2 atom stereocenters. The number of hydrogen-bond acceptors (Lipinski definition) is 12. The van der Waals surface area contributed by atoms with Crippen LogP contribution < -0.4 is 20.6 Å². The minimum absolute atomic E-state index is 0.00688. The van der Waals surface area contributed by atoms with Crippen molar-refractivity contribution in [3.8, 4) is 6.07 Å². The molecule has 0 radical (unpaired) electrons. The van der Waals surface area contributed by atoms with Gasteiger partial charge in [0.25, 0.3) is 17.5 Å². The average molecular weight is 611 g/mol. The number of aliphatic carboxylic acids is 2. The molecular formula is C25H22N8O7S2. The maximum absolute atomic E-state index is 13.2. The van der Waals surface area contributed by atoms with Gasteiger partial charge in [-0.2, -0.15) is 5.26 Å². The largest absolute Gasteiger partial charge is 0.543 e. The van der Waals surface area contributed by atoms with E-state index < -0.39 is 46.5 Å². The number of thiazole rings is 1. The number of carboxylic acids is 2. The van der Waals surface area contributed by atoms with E-state index >= 15 is 0 Å². The van der Waals surface area contributed by atoms with Gasteiger partial charge in [0.05, 0.1) is 17.2 Å². The molecule has 0 aliphatic carbocycles. The van der Waals surface area contributed by atoms with Crippen molar-refractivity contribution in [1.82, 2.24) is 19.8 Å². The molecule has 3 aromatic heterocycles. The topological polar surface area (TPSA) is 220 Å². The van der Waals surface area contributed by atoms with Crippen LogP contribution in [0.3, 0.4) is 0 Å². The first kappa shape index (κ1) is 28.6. The van der Waals surface area contributed by atoms with Crippen LogP contribution in [0, 0.1) is 11.3 Å². The predicted molar refractivity (Wildman–Crippen MR) is 145 cm³/mol. The fourth-order valence-electron chi connectivity index (χ4n) is 4.31. The van der Waals surface area contributed by atoms with Gasteiger partial charge < -0.3 is 30.9 Å². The highest BCUT2D eigenvalue weighted by Gasteiger charge is 2.53. The Hall–Kier alpha value is -4.95. The van der Waals surface area contributed by atoms with Crippen LogP contribution in [0.1, 0.15) is 25.1 Å². The van der Waals surface area contributed by atoms with Crippen LogP contribution in [0.15, 0.2) is 52.5 Å². The molecule has 0 aromatic carbocycles. The Labute approximate surface area is 245 Å². The molecule has 5 heterocycles. The number of nitrogens with two attached hydrogens (primary N) is 1. The summed E-state index contributed by atoms with van der Waals surface area (Å²) in [7, 11) is 0. The monoisotopic (exact) mass is 610 g/mol. The molecule has 0 spiro atoms. The number of carbonyl (C=O) groups is 4. The number of aromatic nitrogens is 3. The average Bonchev–Trinajstić information content (AvgIpc) is 3.56. The molecule has 15 nitrogen and oxygen atoms in total. The van der Waals surface area contributed by atoms with E-state index in [-0.39, 0.29) is 28.8 Å². The second-order valence-corrected chi connectivity index (χ2v) is 11.7. The van der Waals surface area contributed by atoms with Gasteiger partial charge in [0, 0.05) is 22.8 Å². The van der Waals surface area contributed by atoms with Gasteiger partial charge >= 0.3 is 5.97 Å². The van der Waals surface area contributed by atoms with Gasteiger partial charge in [-0.05, 0) is 19.9 Å². The molecule has 1 fully saturated rings. The normalized spacial score (nSPS) is 18.7. The molecule has 17 heteroatoms. The molecular weight excluding hydrogens is 588 g/mol. The highest BCUT2D eigenvalue weighted by Crippen LogP contribution is 2.40. The molecule has 2 aliphatic heterocycles. The summed E-state index contributed by atoms with van der Waals surface area (Å²) in [6, 6.07) is 4.32. The summed E-state index contributed by atoms with van der Waals surface area (Å²) in [5.41, 5.74) is 4.82. The van der Waals surface area contributed by atoms with Gasteiger partial charge in [-0.3, -0.25) is 14.5 Å². The van der Waals surface area contributed by atoms with Crippen LogP contribution >= 0.6 is 23.1 Å². The number of carbonyl (C=O) groups excluding carboxylic acids is 3. The zero-order valence-electron chi connectivity index (χ0n) is 22.0. The number of pyridine rings is 1. The lowest BCUT2D eigenvalue weighted by atomic mass is 10.0. The number of anilines is 1. The van der Waals surface area contributed by atoms with E-state index in [2.05, 4.69) is 21.5 Å². The second-order valence-electron chi connectivity index (χ2n) is 9.74. The van der Waals surface area contributed by atoms with E-state index in [1.54, 1.807) is 39.7 Å². The van der Waals surface area contributed by atoms with Crippen molar-refractivity contribution in [2.24, 2.45) is 5.16 Å². The summed E-state index contributed by atoms with van der Waals surface area (Å²) < 4.78 is 3.51. The summed E-state index contributed by atoms with van der Waals surface area (Å²) in [5.74, 6) is -4.20. The van der Waals surface area contributed by atoms with Gasteiger partial charge in [-0.1, -0.05) is 5.16 Å². The smallest absolute Gasteiger partial charge is 0.350 e. The zero-order chi connectivity index (χ0) is 30.3. The van der Waals surface area contributed by atoms with E-state index in [1.165, 1.54) is 31.0 Å². The number of oxime groups is 1. The summed E-state index contributed by atoms with van der Waals surface area (Å²) in [6.07, 6.45) is 5.10. The number of nitrogen functional groups attached to an aromatic ring is 1. The van der Waals surface area contributed by atoms with Crippen LogP contribution in [-0.2, 0) is 30.6 Å². The second kappa shape index (κ2) is 10.8. The third-order valence-corrected chi connectivity index (χ3v) is 8.55. The highest BCUT2D eigenvalue weighted by atomic mass is 32.2. The first-order valence-corrected chi connectivity index (χ1v) is 14.1. The Kier molecular flexibility index (Phi) is 7.34. The summed E-state index contributed by atoms with van der Waals surface area (Å²) in [6.45, 7) is 2.62. The quantitative estimate of drug-likeness (QED) is 0.113. The number of amides is 2. The highest BCUT2D eigenvalue weighted by molar-refractivity contribution is 8.00. The number of β-lactam (4-membered cyclic amide) rings is 1. The van der Waals surface area contributed by atoms with E-state index in [0.717, 1.165) is 16.2 Å². The van der Waals surface area contributed by atoms with E-state index in [0.29, 0.717) is 16.8 Å². The lowest BCUT2D eigenvalue weighted by Gasteiger charge is -2.50. The lowest BCUT2D eigenvalue weighted by Crippen LogP contribution is -2.71. The predicted octanol–water partition coefficient (Wildman–Crippen LogP) is -1.17. The van der Waals surface area contributed by atoms with Crippen LogP contribution in [0.4, 0.5) is 5.13 Å². The molecule has 42 heavy (non-hydrogen) atoms. The zero-order valence-corrected chi connectivity index (χ0v) is 23.6. The number of carboxylic acid groups (broad SMARTS) is 2. The minimum atomic E-state index is -1.78. The maximum atomic E-state index is 13.2. The molecule has 216 valence electrons. The summed E-state index contributed by atoms with van der Waals surface area (Å²) >= 11 is 2.27. The molecule has 1 saturated heterocycles. The lowest BCUT2D eigenvalue weighted by molar-refractivity contribution is -0.510. The van der Waals surface area contributed by atoms with Gasteiger partial charge in [0.15, 0.2) is 10.8 Å². The number of hydrogen-bond donors (Lipinski definition) is 3. The van der Waals surface area contributed by atoms with Crippen molar-refractivity contribution in [3.63, 3.8) is 0 Å². The van der Waals surface area contributed by atoms with Gasteiger partial charge in [-0.25, -0.2) is 18.7 Å². The Bertz CT molecular complexity index is 1750. The first-order valence-electron chi connectivity index (χ1n) is 12.2. The van der Waals surface area contributed by atoms with E-state index in [9.17, 15) is 29.4 Å². The fraction of sp³-hybridized carbons (Fsp3) is 0.280. The van der Waals surface area contributed by atoms with E-state index in [1.807, 2.05) is 0 Å². The van der Waals surface area contributed by atoms with Crippen molar-refractivity contribution in [1.29, 1.82) is 5.26 Å². The van der Waals surface area contributed by atoms with Crippen molar-refractivity contribution in [2.45, 2.75) is 37.4 Å². The van der Waals surface area contributed by atoms with Crippen molar-refractivity contribution < 1.29 is 38.6 Å². The Balaban J connectivity index is 1.37. The third-order valence-electron chi connectivity index (χ3n) is 6.53. The summed E-state index contributed by atoms with van der Waals surface area (Å²) in [5, 5.41) is 37.7.